The molecule has 2 aromatic rings. The summed E-state index contributed by atoms with van der Waals surface area (Å²) in [5, 5.41) is 11.4. The molecule has 0 saturated heterocycles. The number of nitriles is 1. The number of ether oxygens (including phenoxy) is 1. The molecule has 0 heterocycles. The van der Waals surface area contributed by atoms with Crippen LogP contribution in [0.2, 0.25) is 0 Å². The van der Waals surface area contributed by atoms with E-state index in [1.165, 1.54) is 11.6 Å². The van der Waals surface area contributed by atoms with E-state index >= 15 is 0 Å². The third-order valence-corrected chi connectivity index (χ3v) is 4.52. The van der Waals surface area contributed by atoms with Crippen LogP contribution in [-0.2, 0) is 14.3 Å². The summed E-state index contributed by atoms with van der Waals surface area (Å²) in [4.78, 5) is 24.5. The van der Waals surface area contributed by atoms with E-state index in [0.717, 1.165) is 16.2 Å². The second-order valence-corrected chi connectivity index (χ2v) is 6.85. The molecule has 0 saturated carbocycles. The van der Waals surface area contributed by atoms with E-state index in [0.29, 0.717) is 12.1 Å². The predicted octanol–water partition coefficient (Wildman–Crippen LogP) is 3.33. The fourth-order valence-corrected chi connectivity index (χ4v) is 2.83. The van der Waals surface area contributed by atoms with E-state index in [1.807, 2.05) is 37.3 Å². The highest BCUT2D eigenvalue weighted by Crippen LogP contribution is 2.17. The van der Waals surface area contributed by atoms with Crippen molar-refractivity contribution in [1.29, 1.82) is 5.26 Å². The highest BCUT2D eigenvalue weighted by molar-refractivity contribution is 7.99. The Morgan fingerprint density at radius 3 is 2.52 bits per heavy atom. The van der Waals surface area contributed by atoms with E-state index in [2.05, 4.69) is 5.32 Å². The van der Waals surface area contributed by atoms with Crippen LogP contribution >= 0.6 is 11.8 Å². The summed E-state index contributed by atoms with van der Waals surface area (Å²) in [7, 11) is 0. The molecular formula is C21H20N2O3S. The number of thioether (sulfide) groups is 1. The third kappa shape index (κ3) is 7.80. The van der Waals surface area contributed by atoms with Gasteiger partial charge in [-0.15, -0.1) is 11.8 Å². The molecule has 27 heavy (non-hydrogen) atoms. The molecular weight excluding hydrogens is 360 g/mol. The first kappa shape index (κ1) is 20.3. The van der Waals surface area contributed by atoms with Crippen molar-refractivity contribution in [3.8, 4) is 6.07 Å². The second kappa shape index (κ2) is 10.8. The van der Waals surface area contributed by atoms with Crippen LogP contribution in [0.5, 0.6) is 0 Å². The minimum absolute atomic E-state index is 0.314. The molecule has 0 radical (unpaired) electrons. The third-order valence-electron chi connectivity index (χ3n) is 3.51. The van der Waals surface area contributed by atoms with Crippen molar-refractivity contribution in [1.82, 2.24) is 5.32 Å². The minimum Gasteiger partial charge on any atom is -0.452 e. The van der Waals surface area contributed by atoms with Gasteiger partial charge in [-0.05, 0) is 42.8 Å². The van der Waals surface area contributed by atoms with Crippen molar-refractivity contribution in [2.45, 2.75) is 11.8 Å². The van der Waals surface area contributed by atoms with Gasteiger partial charge in [-0.3, -0.25) is 4.79 Å². The predicted molar refractivity (Wildman–Crippen MR) is 106 cm³/mol. The SMILES string of the molecule is Cc1ccc(SCCNC(=O)COC(=O)/C=C/c2ccc(C#N)cc2)cc1. The average molecular weight is 380 g/mol. The number of benzene rings is 2. The molecule has 0 unspecified atom stereocenters. The minimum atomic E-state index is -0.594. The zero-order valence-electron chi connectivity index (χ0n) is 15.0. The van der Waals surface area contributed by atoms with Gasteiger partial charge in [0.15, 0.2) is 6.61 Å². The average Bonchev–Trinajstić information content (AvgIpc) is 2.69. The molecule has 0 atom stereocenters. The lowest BCUT2D eigenvalue weighted by Gasteiger charge is -2.05. The number of nitrogens with zero attached hydrogens (tertiary/aromatic N) is 1. The zero-order chi connectivity index (χ0) is 19.5. The molecule has 2 rings (SSSR count). The molecule has 0 fully saturated rings. The largest absolute Gasteiger partial charge is 0.452 e. The molecule has 0 aromatic heterocycles. The molecule has 5 nitrogen and oxygen atoms in total. The van der Waals surface area contributed by atoms with Gasteiger partial charge >= 0.3 is 5.97 Å². The first-order valence-electron chi connectivity index (χ1n) is 8.38. The van der Waals surface area contributed by atoms with Gasteiger partial charge in [0.05, 0.1) is 11.6 Å². The van der Waals surface area contributed by atoms with E-state index in [-0.39, 0.29) is 12.5 Å². The molecule has 138 valence electrons. The first-order valence-corrected chi connectivity index (χ1v) is 9.36. The molecule has 1 amide bonds. The smallest absolute Gasteiger partial charge is 0.331 e. The summed E-state index contributed by atoms with van der Waals surface area (Å²) in [5.74, 6) is -0.190. The number of aryl methyl sites for hydroxylation is 1. The Morgan fingerprint density at radius 1 is 1.15 bits per heavy atom. The van der Waals surface area contributed by atoms with Crippen molar-refractivity contribution in [3.63, 3.8) is 0 Å². The normalized spacial score (nSPS) is 10.4. The zero-order valence-corrected chi connectivity index (χ0v) is 15.8. The van der Waals surface area contributed by atoms with Gasteiger partial charge in [-0.2, -0.15) is 5.26 Å². The van der Waals surface area contributed by atoms with Crippen LogP contribution in [0.15, 0.2) is 59.5 Å². The van der Waals surface area contributed by atoms with Gasteiger partial charge in [0.25, 0.3) is 5.91 Å². The van der Waals surface area contributed by atoms with E-state index < -0.39 is 5.97 Å². The van der Waals surface area contributed by atoms with Crippen molar-refractivity contribution in [2.75, 3.05) is 18.9 Å². The van der Waals surface area contributed by atoms with Gasteiger partial charge in [-0.1, -0.05) is 29.8 Å². The monoisotopic (exact) mass is 380 g/mol. The molecule has 0 aliphatic carbocycles. The van der Waals surface area contributed by atoms with Crippen LogP contribution in [0.1, 0.15) is 16.7 Å². The summed E-state index contributed by atoms with van der Waals surface area (Å²) in [5.41, 5.74) is 2.53. The number of amides is 1. The highest BCUT2D eigenvalue weighted by Gasteiger charge is 2.04. The van der Waals surface area contributed by atoms with Crippen LogP contribution in [0, 0.1) is 18.3 Å². The lowest BCUT2D eigenvalue weighted by molar-refractivity contribution is -0.143. The van der Waals surface area contributed by atoms with E-state index in [4.69, 9.17) is 10.00 Å². The Morgan fingerprint density at radius 2 is 1.85 bits per heavy atom. The molecule has 6 heteroatoms. The Labute approximate surface area is 163 Å². The number of nitrogens with one attached hydrogen (secondary N) is 1. The van der Waals surface area contributed by atoms with Crippen molar-refractivity contribution in [3.05, 3.63) is 71.3 Å². The topological polar surface area (TPSA) is 79.2 Å². The fourth-order valence-electron chi connectivity index (χ4n) is 2.06. The maximum Gasteiger partial charge on any atom is 0.331 e. The van der Waals surface area contributed by atoms with Crippen LogP contribution in [0.25, 0.3) is 6.08 Å². The fraction of sp³-hybridized carbons (Fsp3) is 0.190. The number of carbonyl (C=O) groups excluding carboxylic acids is 2. The Kier molecular flexibility index (Phi) is 8.14. The molecule has 0 aliphatic heterocycles. The lowest BCUT2D eigenvalue weighted by Crippen LogP contribution is -2.30. The summed E-state index contributed by atoms with van der Waals surface area (Å²) in [6.45, 7) is 2.22. The van der Waals surface area contributed by atoms with Crippen LogP contribution in [0.4, 0.5) is 0 Å². The Hall–Kier alpha value is -3.04. The van der Waals surface area contributed by atoms with E-state index in [9.17, 15) is 9.59 Å². The second-order valence-electron chi connectivity index (χ2n) is 5.69. The van der Waals surface area contributed by atoms with Crippen molar-refractivity contribution >= 4 is 29.7 Å². The summed E-state index contributed by atoms with van der Waals surface area (Å²) < 4.78 is 4.90. The number of carbonyl (C=O) groups is 2. The van der Waals surface area contributed by atoms with Crippen molar-refractivity contribution < 1.29 is 14.3 Å². The number of hydrogen-bond donors (Lipinski definition) is 1. The summed E-state index contributed by atoms with van der Waals surface area (Å²) >= 11 is 1.65. The van der Waals surface area contributed by atoms with Crippen molar-refractivity contribution in [2.24, 2.45) is 0 Å². The van der Waals surface area contributed by atoms with Gasteiger partial charge < -0.3 is 10.1 Å². The van der Waals surface area contributed by atoms with Crippen LogP contribution in [-0.4, -0.2) is 30.8 Å². The molecule has 2 aromatic carbocycles. The number of hydrogen-bond acceptors (Lipinski definition) is 5. The van der Waals surface area contributed by atoms with Gasteiger partial charge in [0.1, 0.15) is 0 Å². The maximum absolute atomic E-state index is 11.7. The highest BCUT2D eigenvalue weighted by atomic mass is 32.2. The molecule has 1 N–H and O–H groups in total. The van der Waals surface area contributed by atoms with Gasteiger partial charge in [0.2, 0.25) is 0 Å². The van der Waals surface area contributed by atoms with Crippen LogP contribution < -0.4 is 5.32 Å². The Bertz CT molecular complexity index is 837. The van der Waals surface area contributed by atoms with Crippen LogP contribution in [0.3, 0.4) is 0 Å². The first-order chi connectivity index (χ1) is 13.1. The number of rotatable bonds is 8. The quantitative estimate of drug-likeness (QED) is 0.329. The summed E-state index contributed by atoms with van der Waals surface area (Å²) in [6, 6.07) is 17.0. The maximum atomic E-state index is 11.7. The summed E-state index contributed by atoms with van der Waals surface area (Å²) in [6.07, 6.45) is 2.82. The Balaban J connectivity index is 1.62. The lowest BCUT2D eigenvalue weighted by atomic mass is 10.1. The standard InChI is InChI=1S/C21H20N2O3S/c1-16-2-9-19(10-3-16)27-13-12-23-20(24)15-26-21(25)11-8-17-4-6-18(14-22)7-5-17/h2-11H,12-13,15H2,1H3,(H,23,24)/b11-8+. The van der Waals surface area contributed by atoms with Gasteiger partial charge in [-0.25, -0.2) is 4.79 Å². The molecule has 0 aliphatic rings. The molecule has 0 bridgehead atoms. The molecule has 0 spiro atoms. The van der Waals surface area contributed by atoms with Gasteiger partial charge in [0, 0.05) is 23.3 Å². The van der Waals surface area contributed by atoms with E-state index in [1.54, 1.807) is 42.1 Å². The number of esters is 1.